The van der Waals surface area contributed by atoms with Gasteiger partial charge in [-0.15, -0.1) is 0 Å². The van der Waals surface area contributed by atoms with Crippen LogP contribution in [0.25, 0.3) is 54.9 Å². The van der Waals surface area contributed by atoms with Crippen LogP contribution in [0.1, 0.15) is 67.1 Å². The van der Waals surface area contributed by atoms with E-state index in [4.69, 9.17) is 19.2 Å². The first-order valence-electron chi connectivity index (χ1n) is 19.2. The number of nitrogens with zero attached hydrogens (tertiary/aromatic N) is 1. The molecule has 0 spiro atoms. The second kappa shape index (κ2) is 13.8. The zero-order chi connectivity index (χ0) is 40.8. The number of hydrogen-bond donors (Lipinski definition) is 6. The van der Waals surface area contributed by atoms with Crippen LogP contribution in [0.5, 0.6) is 46.0 Å². The van der Waals surface area contributed by atoms with E-state index in [9.17, 15) is 25.5 Å². The van der Waals surface area contributed by atoms with E-state index in [1.54, 1.807) is 25.3 Å². The smallest absolute Gasteiger partial charge is 0.139 e. The number of aliphatic imine (C=N–C) groups is 1. The minimum absolute atomic E-state index is 0.00584. The fourth-order valence-electron chi connectivity index (χ4n) is 9.57. The molecule has 57 heavy (non-hydrogen) atoms. The molecule has 3 unspecified atom stereocenters. The third-order valence-electron chi connectivity index (χ3n) is 11.8. The summed E-state index contributed by atoms with van der Waals surface area (Å²) in [5.74, 6) is 0.927. The number of benzene rings is 6. The van der Waals surface area contributed by atoms with Crippen LogP contribution in [-0.4, -0.2) is 64.7 Å². The molecule has 10 nitrogen and oxygen atoms in total. The number of hydrogen-bond acceptors (Lipinski definition) is 10. The number of ether oxygens (including phenoxy) is 3. The maximum absolute atomic E-state index is 12.5. The van der Waals surface area contributed by atoms with Crippen molar-refractivity contribution in [1.82, 2.24) is 5.32 Å². The van der Waals surface area contributed by atoms with Gasteiger partial charge in [0.1, 0.15) is 46.0 Å². The van der Waals surface area contributed by atoms with Crippen molar-refractivity contribution in [2.75, 3.05) is 21.3 Å². The van der Waals surface area contributed by atoms with Crippen LogP contribution in [0.3, 0.4) is 0 Å². The summed E-state index contributed by atoms with van der Waals surface area (Å²) in [5.41, 5.74) is 8.58. The van der Waals surface area contributed by atoms with Crippen molar-refractivity contribution in [1.29, 1.82) is 0 Å². The number of phenolic OH excluding ortho intramolecular Hbond substituents is 5. The summed E-state index contributed by atoms with van der Waals surface area (Å²) < 4.78 is 17.9. The summed E-state index contributed by atoms with van der Waals surface area (Å²) in [7, 11) is 4.64. The molecular weight excluding hydrogens is 721 g/mol. The average Bonchev–Trinajstić information content (AvgIpc) is 3.14. The van der Waals surface area contributed by atoms with Crippen molar-refractivity contribution in [3.05, 3.63) is 81.9 Å². The largest absolute Gasteiger partial charge is 0.507 e. The summed E-state index contributed by atoms with van der Waals surface area (Å²) in [6.07, 6.45) is 1.20. The number of methoxy groups -OCH3 is 3. The molecule has 0 radical (unpaired) electrons. The van der Waals surface area contributed by atoms with Crippen LogP contribution in [0, 0.1) is 13.8 Å². The van der Waals surface area contributed by atoms with Crippen molar-refractivity contribution in [3.8, 4) is 79.4 Å². The first kappa shape index (κ1) is 37.8. The lowest BCUT2D eigenvalue weighted by Gasteiger charge is -2.32. The second-order valence-electron chi connectivity index (χ2n) is 15.6. The third-order valence-corrected chi connectivity index (χ3v) is 11.8. The molecule has 6 aromatic carbocycles. The van der Waals surface area contributed by atoms with Crippen LogP contribution >= 0.6 is 0 Å². The Hall–Kier alpha value is -6.13. The Bertz CT molecular complexity index is 2720. The van der Waals surface area contributed by atoms with Gasteiger partial charge in [-0.1, -0.05) is 12.1 Å². The number of nitrogens with one attached hydrogen (secondary N) is 1. The molecule has 0 saturated carbocycles. The molecular formula is C47H48N2O8. The Morgan fingerprint density at radius 3 is 2.00 bits per heavy atom. The molecule has 6 aromatic rings. The molecule has 3 atom stereocenters. The van der Waals surface area contributed by atoms with E-state index >= 15 is 0 Å². The standard InChI is InChI=1S/C47H48N2O8/c1-20-12-29-30(42-33(50)17-26-15-22(3)48-24(5)39(26)47(42)57-9)18-31(46(54)44(29)36(13-20)55-7)27-10-11-28-38(21(2)14-37(56-8)43(28)45(27)53)41-32-16-23(4)49-25(6)40(32)34(51)19-35(41)52/h10-14,17-19,22-23,25,49-54H,15-16H2,1-9H3. The van der Waals surface area contributed by atoms with Crippen LogP contribution in [0.4, 0.5) is 0 Å². The minimum Gasteiger partial charge on any atom is -0.507 e. The predicted octanol–water partition coefficient (Wildman–Crippen LogP) is 9.51. The Kier molecular flexibility index (Phi) is 9.15. The van der Waals surface area contributed by atoms with Gasteiger partial charge in [0.15, 0.2) is 0 Å². The number of aryl methyl sites for hydroxylation is 2. The zero-order valence-electron chi connectivity index (χ0n) is 33.7. The molecule has 0 bridgehead atoms. The van der Waals surface area contributed by atoms with E-state index in [-0.39, 0.29) is 52.4 Å². The summed E-state index contributed by atoms with van der Waals surface area (Å²) in [4.78, 5) is 4.83. The topological polar surface area (TPSA) is 153 Å². The van der Waals surface area contributed by atoms with Crippen molar-refractivity contribution in [2.45, 2.75) is 72.5 Å². The van der Waals surface area contributed by atoms with Gasteiger partial charge < -0.3 is 45.1 Å². The molecule has 2 heterocycles. The highest BCUT2D eigenvalue weighted by atomic mass is 16.5. The molecule has 6 N–H and O–H groups in total. The first-order chi connectivity index (χ1) is 27.2. The van der Waals surface area contributed by atoms with E-state index in [0.717, 1.165) is 39.1 Å². The molecule has 0 fully saturated rings. The highest BCUT2D eigenvalue weighted by molar-refractivity contribution is 6.14. The molecule has 0 saturated heterocycles. The zero-order valence-corrected chi connectivity index (χ0v) is 33.7. The molecule has 0 aromatic heterocycles. The molecule has 0 amide bonds. The summed E-state index contributed by atoms with van der Waals surface area (Å²) in [6.45, 7) is 11.9. The van der Waals surface area contributed by atoms with Crippen LogP contribution in [-0.2, 0) is 12.8 Å². The minimum atomic E-state index is -0.161. The van der Waals surface area contributed by atoms with Gasteiger partial charge in [-0.3, -0.25) is 4.99 Å². The number of phenols is 5. The number of fused-ring (bicyclic) bond motifs is 4. The second-order valence-corrected chi connectivity index (χ2v) is 15.6. The Morgan fingerprint density at radius 2 is 1.30 bits per heavy atom. The van der Waals surface area contributed by atoms with Crippen LogP contribution < -0.4 is 19.5 Å². The van der Waals surface area contributed by atoms with Gasteiger partial charge >= 0.3 is 0 Å². The van der Waals surface area contributed by atoms with Crippen molar-refractivity contribution in [3.63, 3.8) is 0 Å². The molecule has 2 aliphatic rings. The fourth-order valence-corrected chi connectivity index (χ4v) is 9.57. The SMILES string of the molecule is COc1c2c(cc(O)c1-c1cc(-c3ccc4c(-c5c(O)cc(O)c6c5CC(C)NC6C)c(C)cc(OC)c4c3O)c(O)c3c(OC)cc(C)cc13)CC(C)N=C2C. The van der Waals surface area contributed by atoms with Gasteiger partial charge in [-0.2, -0.15) is 0 Å². The highest BCUT2D eigenvalue weighted by Crippen LogP contribution is 2.55. The number of rotatable bonds is 6. The fraction of sp³-hybridized carbons (Fsp3) is 0.298. The molecule has 2 aliphatic heterocycles. The van der Waals surface area contributed by atoms with E-state index in [0.29, 0.717) is 79.5 Å². The predicted molar refractivity (Wildman–Crippen MR) is 225 cm³/mol. The summed E-state index contributed by atoms with van der Waals surface area (Å²) >= 11 is 0. The monoisotopic (exact) mass is 768 g/mol. The van der Waals surface area contributed by atoms with Crippen LogP contribution in [0.15, 0.2) is 53.5 Å². The lowest BCUT2D eigenvalue weighted by molar-refractivity contribution is 0.402. The van der Waals surface area contributed by atoms with Gasteiger partial charge in [-0.25, -0.2) is 0 Å². The van der Waals surface area contributed by atoms with Crippen molar-refractivity contribution in [2.24, 2.45) is 4.99 Å². The quantitative estimate of drug-likeness (QED) is 0.0973. The maximum Gasteiger partial charge on any atom is 0.139 e. The Balaban J connectivity index is 1.46. The normalized spacial score (nSPS) is 17.6. The van der Waals surface area contributed by atoms with E-state index in [1.165, 1.54) is 20.3 Å². The van der Waals surface area contributed by atoms with Crippen molar-refractivity contribution < 1.29 is 39.7 Å². The van der Waals surface area contributed by atoms with Crippen LogP contribution in [0.2, 0.25) is 0 Å². The van der Waals surface area contributed by atoms with Crippen molar-refractivity contribution >= 4 is 27.3 Å². The Labute approximate surface area is 331 Å². The molecule has 0 aliphatic carbocycles. The molecule has 294 valence electrons. The lowest BCUT2D eigenvalue weighted by atomic mass is 9.81. The lowest BCUT2D eigenvalue weighted by Crippen LogP contribution is -2.36. The number of aromatic hydroxyl groups is 5. The van der Waals surface area contributed by atoms with E-state index in [2.05, 4.69) is 12.2 Å². The highest BCUT2D eigenvalue weighted by Gasteiger charge is 2.32. The van der Waals surface area contributed by atoms with E-state index in [1.807, 2.05) is 58.9 Å². The Morgan fingerprint density at radius 1 is 0.632 bits per heavy atom. The average molecular weight is 769 g/mol. The van der Waals surface area contributed by atoms with E-state index < -0.39 is 0 Å². The maximum atomic E-state index is 12.5. The van der Waals surface area contributed by atoms with Gasteiger partial charge in [-0.05, 0) is 129 Å². The van der Waals surface area contributed by atoms with Gasteiger partial charge in [0.2, 0.25) is 0 Å². The molecule has 10 heteroatoms. The van der Waals surface area contributed by atoms with Gasteiger partial charge in [0.05, 0.1) is 43.7 Å². The first-order valence-corrected chi connectivity index (χ1v) is 19.2. The van der Waals surface area contributed by atoms with Gasteiger partial charge in [0.25, 0.3) is 0 Å². The molecule has 8 rings (SSSR count). The third kappa shape index (κ3) is 5.76. The van der Waals surface area contributed by atoms with Gasteiger partial charge in [0, 0.05) is 51.7 Å². The summed E-state index contributed by atoms with van der Waals surface area (Å²) in [5, 5.41) is 64.7. The summed E-state index contributed by atoms with van der Waals surface area (Å²) in [6, 6.07) is 14.1.